The van der Waals surface area contributed by atoms with Gasteiger partial charge in [0.25, 0.3) is 0 Å². The van der Waals surface area contributed by atoms with Crippen LogP contribution in [0.15, 0.2) is 60.7 Å². The zero-order valence-corrected chi connectivity index (χ0v) is 17.3. The number of carbonyl (C=O) groups is 1. The molecule has 2 aromatic rings. The molecule has 0 unspecified atom stereocenters. The van der Waals surface area contributed by atoms with Crippen molar-refractivity contribution in [3.05, 3.63) is 71.8 Å². The van der Waals surface area contributed by atoms with E-state index in [-0.39, 0.29) is 11.9 Å². The molecule has 3 rings (SSSR count). The van der Waals surface area contributed by atoms with Crippen molar-refractivity contribution in [2.45, 2.75) is 25.9 Å². The Hall–Kier alpha value is -2.17. The molecule has 2 atom stereocenters. The molecule has 28 heavy (non-hydrogen) atoms. The average molecular weight is 381 g/mol. The van der Waals surface area contributed by atoms with E-state index in [1.54, 1.807) is 0 Å². The highest BCUT2D eigenvalue weighted by Gasteiger charge is 2.42. The summed E-state index contributed by atoms with van der Waals surface area (Å²) in [5.74, 6) is -0.0765. The molecule has 2 aromatic carbocycles. The highest BCUT2D eigenvalue weighted by atomic mass is 16.6. The first-order valence-electron chi connectivity index (χ1n) is 10.2. The number of piperazine rings is 1. The average Bonchev–Trinajstić information content (AvgIpc) is 2.70. The Morgan fingerprint density at radius 1 is 1.00 bits per heavy atom. The number of esters is 1. The van der Waals surface area contributed by atoms with E-state index in [0.29, 0.717) is 6.42 Å². The summed E-state index contributed by atoms with van der Waals surface area (Å²) < 4.78 is 6.18. The van der Waals surface area contributed by atoms with Gasteiger partial charge in [-0.1, -0.05) is 67.6 Å². The summed E-state index contributed by atoms with van der Waals surface area (Å²) in [6.07, 6.45) is 0.673. The third-order valence-corrected chi connectivity index (χ3v) is 5.82. The number of hydrogen-bond acceptors (Lipinski definition) is 4. The second-order valence-electron chi connectivity index (χ2n) is 8.02. The van der Waals surface area contributed by atoms with Crippen LogP contribution < -0.4 is 0 Å². The van der Waals surface area contributed by atoms with Crippen LogP contribution in [-0.4, -0.2) is 55.5 Å². The van der Waals surface area contributed by atoms with Crippen LogP contribution >= 0.6 is 0 Å². The fourth-order valence-corrected chi connectivity index (χ4v) is 4.20. The fourth-order valence-electron chi connectivity index (χ4n) is 4.20. The smallest absolute Gasteiger partial charge is 0.303 e. The molecule has 0 aliphatic carbocycles. The minimum Gasteiger partial charge on any atom is -0.454 e. The van der Waals surface area contributed by atoms with Crippen LogP contribution in [0.25, 0.3) is 0 Å². The predicted octanol–water partition coefficient (Wildman–Crippen LogP) is 3.57. The van der Waals surface area contributed by atoms with Gasteiger partial charge in [0.1, 0.15) is 5.60 Å². The number of likely N-dealkylation sites (N-methyl/N-ethyl adjacent to an activating group) is 1. The summed E-state index contributed by atoms with van der Waals surface area (Å²) >= 11 is 0. The number of ether oxygens (including phenoxy) is 1. The van der Waals surface area contributed by atoms with Crippen LogP contribution in [0.5, 0.6) is 0 Å². The number of nitrogens with zero attached hydrogens (tertiary/aromatic N) is 2. The van der Waals surface area contributed by atoms with Crippen molar-refractivity contribution in [3.63, 3.8) is 0 Å². The quantitative estimate of drug-likeness (QED) is 0.688. The molecule has 0 N–H and O–H groups in total. The van der Waals surface area contributed by atoms with Gasteiger partial charge in [-0.25, -0.2) is 0 Å². The summed E-state index contributed by atoms with van der Waals surface area (Å²) in [7, 11) is 2.17. The van der Waals surface area contributed by atoms with Gasteiger partial charge in [-0.15, -0.1) is 0 Å². The Bertz CT molecular complexity index is 742. The maximum absolute atomic E-state index is 12.2. The molecular formula is C24H32N2O2. The second-order valence-corrected chi connectivity index (χ2v) is 8.02. The standard InChI is InChI=1S/C24H32N2O2/c1-20(19-26-16-14-25(3)15-17-26)24(28-21(2)27,23-12-8-5-9-13-23)18-22-10-6-4-7-11-22/h4-13,20H,14-19H2,1-3H3/t20-,24-/m1/s1. The van der Waals surface area contributed by atoms with Crippen molar-refractivity contribution in [1.29, 1.82) is 0 Å². The molecule has 1 saturated heterocycles. The van der Waals surface area contributed by atoms with Gasteiger partial charge in [-0.3, -0.25) is 4.79 Å². The van der Waals surface area contributed by atoms with E-state index in [4.69, 9.17) is 4.74 Å². The molecule has 1 heterocycles. The second kappa shape index (κ2) is 9.35. The minimum atomic E-state index is -0.683. The molecule has 0 radical (unpaired) electrons. The molecule has 0 spiro atoms. The number of hydrogen-bond donors (Lipinski definition) is 0. The summed E-state index contributed by atoms with van der Waals surface area (Å²) in [4.78, 5) is 17.1. The Morgan fingerprint density at radius 2 is 1.57 bits per heavy atom. The number of benzene rings is 2. The lowest BCUT2D eigenvalue weighted by Crippen LogP contribution is -2.50. The molecule has 1 aliphatic rings. The third kappa shape index (κ3) is 5.00. The highest BCUT2D eigenvalue weighted by Crippen LogP contribution is 2.38. The van der Waals surface area contributed by atoms with E-state index in [1.165, 1.54) is 12.5 Å². The lowest BCUT2D eigenvalue weighted by atomic mass is 9.77. The molecule has 0 bridgehead atoms. The fraction of sp³-hybridized carbons (Fsp3) is 0.458. The van der Waals surface area contributed by atoms with Crippen LogP contribution in [0.3, 0.4) is 0 Å². The van der Waals surface area contributed by atoms with E-state index in [2.05, 4.69) is 48.0 Å². The van der Waals surface area contributed by atoms with Crippen LogP contribution in [0.4, 0.5) is 0 Å². The predicted molar refractivity (Wildman–Crippen MR) is 113 cm³/mol. The molecule has 0 saturated carbocycles. The lowest BCUT2D eigenvalue weighted by molar-refractivity contribution is -0.166. The summed E-state index contributed by atoms with van der Waals surface area (Å²) in [6.45, 7) is 8.91. The first-order chi connectivity index (χ1) is 13.5. The van der Waals surface area contributed by atoms with Gasteiger partial charge in [0.15, 0.2) is 0 Å². The van der Waals surface area contributed by atoms with Gasteiger partial charge in [0.05, 0.1) is 0 Å². The molecule has 4 nitrogen and oxygen atoms in total. The van der Waals surface area contributed by atoms with Gasteiger partial charge in [-0.2, -0.15) is 0 Å². The van der Waals surface area contributed by atoms with Crippen LogP contribution in [0.1, 0.15) is 25.0 Å². The lowest BCUT2D eigenvalue weighted by Gasteiger charge is -2.42. The highest BCUT2D eigenvalue weighted by molar-refractivity contribution is 5.67. The minimum absolute atomic E-state index is 0.155. The van der Waals surface area contributed by atoms with Crippen molar-refractivity contribution >= 4 is 5.97 Å². The number of carbonyl (C=O) groups excluding carboxylic acids is 1. The Morgan fingerprint density at radius 3 is 2.14 bits per heavy atom. The Labute approximate surface area is 169 Å². The zero-order valence-electron chi connectivity index (χ0n) is 17.3. The molecule has 1 fully saturated rings. The van der Waals surface area contributed by atoms with E-state index in [1.807, 2.05) is 36.4 Å². The summed E-state index contributed by atoms with van der Waals surface area (Å²) in [5.41, 5.74) is 1.56. The summed E-state index contributed by atoms with van der Waals surface area (Å²) in [5, 5.41) is 0. The topological polar surface area (TPSA) is 32.8 Å². The molecule has 150 valence electrons. The summed E-state index contributed by atoms with van der Waals surface area (Å²) in [6, 6.07) is 20.6. The molecule has 4 heteroatoms. The SMILES string of the molecule is CC(=O)O[C@@](Cc1ccccc1)(c1ccccc1)[C@H](C)CN1CCN(C)CC1. The maximum Gasteiger partial charge on any atom is 0.303 e. The van der Waals surface area contributed by atoms with Crippen LogP contribution in [0, 0.1) is 5.92 Å². The van der Waals surface area contributed by atoms with Crippen molar-refractivity contribution in [2.75, 3.05) is 39.8 Å². The molecular weight excluding hydrogens is 348 g/mol. The largest absolute Gasteiger partial charge is 0.454 e. The van der Waals surface area contributed by atoms with Crippen molar-refractivity contribution < 1.29 is 9.53 Å². The van der Waals surface area contributed by atoms with Crippen molar-refractivity contribution in [2.24, 2.45) is 5.92 Å². The third-order valence-electron chi connectivity index (χ3n) is 5.82. The monoisotopic (exact) mass is 380 g/mol. The van der Waals surface area contributed by atoms with Crippen molar-refractivity contribution in [1.82, 2.24) is 9.80 Å². The first kappa shape index (κ1) is 20.6. The van der Waals surface area contributed by atoms with E-state index in [0.717, 1.165) is 38.3 Å². The van der Waals surface area contributed by atoms with E-state index < -0.39 is 5.60 Å². The normalized spacial score (nSPS) is 19.0. The molecule has 0 aromatic heterocycles. The Balaban J connectivity index is 1.94. The van der Waals surface area contributed by atoms with Crippen molar-refractivity contribution in [3.8, 4) is 0 Å². The molecule has 0 amide bonds. The van der Waals surface area contributed by atoms with Gasteiger partial charge < -0.3 is 14.5 Å². The van der Waals surface area contributed by atoms with Gasteiger partial charge in [0.2, 0.25) is 0 Å². The Kier molecular flexibility index (Phi) is 6.87. The van der Waals surface area contributed by atoms with Gasteiger partial charge in [0, 0.05) is 52.0 Å². The zero-order chi connectivity index (χ0) is 20.0. The van der Waals surface area contributed by atoms with Crippen LogP contribution in [-0.2, 0) is 21.6 Å². The first-order valence-corrected chi connectivity index (χ1v) is 10.2. The van der Waals surface area contributed by atoms with E-state index in [9.17, 15) is 4.79 Å². The number of rotatable bonds is 7. The van der Waals surface area contributed by atoms with Gasteiger partial charge >= 0.3 is 5.97 Å². The molecule has 1 aliphatic heterocycles. The van der Waals surface area contributed by atoms with Gasteiger partial charge in [-0.05, 0) is 18.2 Å². The van der Waals surface area contributed by atoms with Crippen LogP contribution in [0.2, 0.25) is 0 Å². The maximum atomic E-state index is 12.2. The van der Waals surface area contributed by atoms with E-state index >= 15 is 0 Å².